The van der Waals surface area contributed by atoms with Crippen LogP contribution in [0.4, 0.5) is 0 Å². The molecule has 0 spiro atoms. The summed E-state index contributed by atoms with van der Waals surface area (Å²) in [5, 5.41) is 10.4. The Kier molecular flexibility index (Phi) is 10.1. The summed E-state index contributed by atoms with van der Waals surface area (Å²) in [6, 6.07) is 4.68. The molecule has 3 rings (SSSR count). The molecule has 1 saturated heterocycles. The van der Waals surface area contributed by atoms with Crippen molar-refractivity contribution in [1.82, 2.24) is 24.9 Å². The fraction of sp³-hybridized carbons (Fsp3) is 0.619. The Morgan fingerprint density at radius 3 is 2.70 bits per heavy atom. The number of nitrogens with one attached hydrogen (secondary N) is 1. The van der Waals surface area contributed by atoms with Gasteiger partial charge in [0.1, 0.15) is 0 Å². The number of thiophene rings is 1. The van der Waals surface area contributed by atoms with Crippen LogP contribution in [-0.2, 0) is 18.3 Å². The van der Waals surface area contributed by atoms with Crippen molar-refractivity contribution < 1.29 is 4.74 Å². The zero-order chi connectivity index (χ0) is 20.8. The molecule has 9 heteroatoms. The summed E-state index contributed by atoms with van der Waals surface area (Å²) in [6.07, 6.45) is 2.11. The molecule has 168 valence electrons. The molecule has 0 aliphatic carbocycles. The first-order valence-corrected chi connectivity index (χ1v) is 11.2. The van der Waals surface area contributed by atoms with E-state index in [1.807, 2.05) is 30.1 Å². The van der Waals surface area contributed by atoms with Crippen LogP contribution in [0.25, 0.3) is 0 Å². The zero-order valence-electron chi connectivity index (χ0n) is 18.7. The quantitative estimate of drug-likeness (QED) is 0.328. The van der Waals surface area contributed by atoms with E-state index in [9.17, 15) is 0 Å². The predicted octanol–water partition coefficient (Wildman–Crippen LogP) is 3.30. The van der Waals surface area contributed by atoms with Crippen molar-refractivity contribution in [1.29, 1.82) is 0 Å². The van der Waals surface area contributed by atoms with E-state index in [1.54, 1.807) is 0 Å². The second-order valence-electron chi connectivity index (χ2n) is 7.83. The van der Waals surface area contributed by atoms with E-state index in [0.29, 0.717) is 12.0 Å². The Bertz CT molecular complexity index is 786. The van der Waals surface area contributed by atoms with Crippen LogP contribution >= 0.6 is 35.3 Å². The number of morpholine rings is 1. The summed E-state index contributed by atoms with van der Waals surface area (Å²) < 4.78 is 7.46. The van der Waals surface area contributed by atoms with Crippen LogP contribution in [0.1, 0.15) is 41.9 Å². The third-order valence-corrected chi connectivity index (χ3v) is 6.25. The fourth-order valence-electron chi connectivity index (χ4n) is 3.85. The van der Waals surface area contributed by atoms with Crippen molar-refractivity contribution >= 4 is 41.3 Å². The monoisotopic (exact) mass is 546 g/mol. The molecule has 3 heterocycles. The summed E-state index contributed by atoms with van der Waals surface area (Å²) in [4.78, 5) is 10.6. The van der Waals surface area contributed by atoms with Gasteiger partial charge < -0.3 is 15.0 Å². The molecule has 1 fully saturated rings. The van der Waals surface area contributed by atoms with E-state index in [1.165, 1.54) is 10.4 Å². The van der Waals surface area contributed by atoms with Crippen LogP contribution in [0.2, 0.25) is 0 Å². The summed E-state index contributed by atoms with van der Waals surface area (Å²) in [5.74, 6) is 1.30. The van der Waals surface area contributed by atoms with Gasteiger partial charge in [-0.2, -0.15) is 5.10 Å². The number of hydrogen-bond acceptors (Lipinski definition) is 5. The molecular formula is C21H35IN6OS. The minimum absolute atomic E-state index is 0. The SMILES string of the molecule is CN=C(NCC(c1cccs1)N1CCOCC1)N(C)Cc1cn(C)nc1C(C)C.I. The number of aliphatic imine (C=N–C) groups is 1. The molecule has 1 aliphatic rings. The number of nitrogens with zero attached hydrogens (tertiary/aromatic N) is 5. The van der Waals surface area contributed by atoms with Gasteiger partial charge in [-0.15, -0.1) is 35.3 Å². The lowest BCUT2D eigenvalue weighted by Gasteiger charge is -2.35. The Morgan fingerprint density at radius 2 is 2.10 bits per heavy atom. The second-order valence-corrected chi connectivity index (χ2v) is 8.81. The average Bonchev–Trinajstić information content (AvgIpc) is 3.36. The maximum atomic E-state index is 5.55. The van der Waals surface area contributed by atoms with Crippen LogP contribution in [0, 0.1) is 0 Å². The Morgan fingerprint density at radius 1 is 1.37 bits per heavy atom. The lowest BCUT2D eigenvalue weighted by Crippen LogP contribution is -2.46. The van der Waals surface area contributed by atoms with Gasteiger partial charge in [-0.05, 0) is 17.4 Å². The molecule has 0 bridgehead atoms. The third kappa shape index (κ3) is 6.41. The molecule has 1 unspecified atom stereocenters. The van der Waals surface area contributed by atoms with Crippen molar-refractivity contribution in [2.24, 2.45) is 12.0 Å². The van der Waals surface area contributed by atoms with E-state index in [-0.39, 0.29) is 24.0 Å². The Hall–Kier alpha value is -1.17. The molecule has 2 aromatic heterocycles. The standard InChI is InChI=1S/C21H34N6OS.HI/c1-16(2)20-17(15-26(5)24-20)14-25(4)21(22-3)23-13-18(19-7-6-12-29-19)27-8-10-28-11-9-27;/h6-7,12,15-16,18H,8-11,13-14H2,1-5H3,(H,22,23);1H. The van der Waals surface area contributed by atoms with E-state index >= 15 is 0 Å². The smallest absolute Gasteiger partial charge is 0.193 e. The molecule has 1 aliphatic heterocycles. The highest BCUT2D eigenvalue weighted by Gasteiger charge is 2.24. The summed E-state index contributed by atoms with van der Waals surface area (Å²) in [7, 11) is 5.91. The highest BCUT2D eigenvalue weighted by Crippen LogP contribution is 2.25. The van der Waals surface area contributed by atoms with Crippen molar-refractivity contribution in [3.05, 3.63) is 39.8 Å². The summed E-state index contributed by atoms with van der Waals surface area (Å²) in [5.41, 5.74) is 2.40. The number of guanidine groups is 1. The Labute approximate surface area is 201 Å². The first-order chi connectivity index (χ1) is 14.0. The number of rotatable bonds is 7. The van der Waals surface area contributed by atoms with Crippen molar-refractivity contribution in [3.8, 4) is 0 Å². The summed E-state index contributed by atoms with van der Waals surface area (Å²) in [6.45, 7) is 9.51. The van der Waals surface area contributed by atoms with Gasteiger partial charge in [-0.1, -0.05) is 19.9 Å². The topological polar surface area (TPSA) is 57.9 Å². The van der Waals surface area contributed by atoms with Gasteiger partial charge >= 0.3 is 0 Å². The third-order valence-electron chi connectivity index (χ3n) is 5.28. The average molecular weight is 547 g/mol. The molecule has 1 atom stereocenters. The van der Waals surface area contributed by atoms with E-state index in [0.717, 1.165) is 51.0 Å². The molecule has 30 heavy (non-hydrogen) atoms. The lowest BCUT2D eigenvalue weighted by atomic mass is 10.1. The van der Waals surface area contributed by atoms with Crippen LogP contribution in [0.3, 0.4) is 0 Å². The predicted molar refractivity (Wildman–Crippen MR) is 135 cm³/mol. The molecule has 7 nitrogen and oxygen atoms in total. The van der Waals surface area contributed by atoms with Gasteiger partial charge in [0.2, 0.25) is 0 Å². The number of aryl methyl sites for hydroxylation is 1. The lowest BCUT2D eigenvalue weighted by molar-refractivity contribution is 0.0176. The fourth-order valence-corrected chi connectivity index (χ4v) is 4.71. The molecule has 0 aromatic carbocycles. The van der Waals surface area contributed by atoms with Gasteiger partial charge in [-0.25, -0.2) is 0 Å². The van der Waals surface area contributed by atoms with Crippen LogP contribution in [0.15, 0.2) is 28.7 Å². The number of ether oxygens (including phenoxy) is 1. The normalized spacial score (nSPS) is 16.4. The van der Waals surface area contributed by atoms with Gasteiger partial charge in [0, 0.05) is 64.0 Å². The molecule has 0 saturated carbocycles. The van der Waals surface area contributed by atoms with Gasteiger partial charge in [0.15, 0.2) is 5.96 Å². The van der Waals surface area contributed by atoms with E-state index in [4.69, 9.17) is 4.74 Å². The van der Waals surface area contributed by atoms with Gasteiger partial charge in [0.25, 0.3) is 0 Å². The number of aromatic nitrogens is 2. The van der Waals surface area contributed by atoms with Crippen LogP contribution in [-0.4, -0.2) is 72.5 Å². The highest BCUT2D eigenvalue weighted by atomic mass is 127. The second kappa shape index (κ2) is 12.0. The van der Waals surface area contributed by atoms with Gasteiger partial charge in [0.05, 0.1) is 24.9 Å². The number of halogens is 1. The van der Waals surface area contributed by atoms with E-state index in [2.05, 4.69) is 69.8 Å². The van der Waals surface area contributed by atoms with Crippen molar-refractivity contribution in [3.63, 3.8) is 0 Å². The van der Waals surface area contributed by atoms with Crippen LogP contribution < -0.4 is 5.32 Å². The maximum absolute atomic E-state index is 5.55. The molecule has 0 amide bonds. The molecule has 2 aromatic rings. The Balaban J connectivity index is 0.00000320. The largest absolute Gasteiger partial charge is 0.379 e. The minimum Gasteiger partial charge on any atom is -0.379 e. The van der Waals surface area contributed by atoms with Crippen LogP contribution in [0.5, 0.6) is 0 Å². The minimum atomic E-state index is 0. The number of hydrogen-bond donors (Lipinski definition) is 1. The molecular weight excluding hydrogens is 511 g/mol. The van der Waals surface area contributed by atoms with Gasteiger partial charge in [-0.3, -0.25) is 14.6 Å². The molecule has 0 radical (unpaired) electrons. The first kappa shape index (κ1) is 25.1. The highest BCUT2D eigenvalue weighted by molar-refractivity contribution is 14.0. The van der Waals surface area contributed by atoms with Crippen molar-refractivity contribution in [2.45, 2.75) is 32.4 Å². The first-order valence-electron chi connectivity index (χ1n) is 10.3. The van der Waals surface area contributed by atoms with Crippen molar-refractivity contribution in [2.75, 3.05) is 46.9 Å². The zero-order valence-corrected chi connectivity index (χ0v) is 21.8. The maximum Gasteiger partial charge on any atom is 0.193 e. The molecule has 1 N–H and O–H groups in total. The summed E-state index contributed by atoms with van der Waals surface area (Å²) >= 11 is 1.82. The van der Waals surface area contributed by atoms with E-state index < -0.39 is 0 Å².